The maximum atomic E-state index is 13.8. The van der Waals surface area contributed by atoms with E-state index in [-0.39, 0.29) is 5.82 Å². The molecule has 0 saturated heterocycles. The molecule has 1 aromatic heterocycles. The molecule has 100 valence electrons. The third-order valence-corrected chi connectivity index (χ3v) is 3.17. The van der Waals surface area contributed by atoms with Crippen LogP contribution in [0.1, 0.15) is 5.56 Å². The standard InChI is InChI=1S/C16H14FN3/c1-11-6-8-12(9-7-11)20-16(18)10-15(19-20)13-4-2-3-5-14(13)17/h2-10H,18H2,1H3. The average molecular weight is 267 g/mol. The van der Waals surface area contributed by atoms with Crippen molar-refractivity contribution in [1.82, 2.24) is 9.78 Å². The molecule has 2 aromatic carbocycles. The van der Waals surface area contributed by atoms with Gasteiger partial charge in [-0.3, -0.25) is 0 Å². The molecule has 3 nitrogen and oxygen atoms in total. The van der Waals surface area contributed by atoms with Crippen LogP contribution >= 0.6 is 0 Å². The van der Waals surface area contributed by atoms with E-state index >= 15 is 0 Å². The van der Waals surface area contributed by atoms with Crippen LogP contribution < -0.4 is 5.73 Å². The number of nitrogens with two attached hydrogens (primary N) is 1. The molecule has 0 bridgehead atoms. The molecule has 0 atom stereocenters. The van der Waals surface area contributed by atoms with Crippen molar-refractivity contribution in [3.8, 4) is 16.9 Å². The molecular formula is C16H14FN3. The van der Waals surface area contributed by atoms with Crippen LogP contribution in [-0.4, -0.2) is 9.78 Å². The minimum absolute atomic E-state index is 0.305. The van der Waals surface area contributed by atoms with Gasteiger partial charge in [0.15, 0.2) is 0 Å². The predicted octanol–water partition coefficient (Wildman–Crippen LogP) is 3.57. The van der Waals surface area contributed by atoms with Crippen LogP contribution in [0.25, 0.3) is 16.9 Å². The minimum Gasteiger partial charge on any atom is -0.384 e. The van der Waals surface area contributed by atoms with Crippen LogP contribution in [0.15, 0.2) is 54.6 Å². The Morgan fingerprint density at radius 3 is 2.45 bits per heavy atom. The number of hydrogen-bond donors (Lipinski definition) is 1. The molecule has 0 aliphatic carbocycles. The van der Waals surface area contributed by atoms with Crippen molar-refractivity contribution in [3.05, 3.63) is 66.0 Å². The van der Waals surface area contributed by atoms with Gasteiger partial charge in [-0.25, -0.2) is 9.07 Å². The van der Waals surface area contributed by atoms with Crippen LogP contribution in [0.2, 0.25) is 0 Å². The number of nitrogens with zero attached hydrogens (tertiary/aromatic N) is 2. The monoisotopic (exact) mass is 267 g/mol. The minimum atomic E-state index is -0.305. The predicted molar refractivity (Wildman–Crippen MR) is 78.1 cm³/mol. The molecule has 3 aromatic rings. The zero-order valence-corrected chi connectivity index (χ0v) is 11.0. The van der Waals surface area contributed by atoms with E-state index in [1.54, 1.807) is 28.9 Å². The lowest BCUT2D eigenvalue weighted by Crippen LogP contribution is -2.01. The molecule has 0 aliphatic heterocycles. The molecule has 0 aliphatic rings. The van der Waals surface area contributed by atoms with E-state index in [4.69, 9.17) is 5.73 Å². The molecular weight excluding hydrogens is 253 g/mol. The van der Waals surface area contributed by atoms with Crippen molar-refractivity contribution in [2.24, 2.45) is 0 Å². The van der Waals surface area contributed by atoms with Crippen LogP contribution in [0.4, 0.5) is 10.2 Å². The van der Waals surface area contributed by atoms with E-state index in [0.717, 1.165) is 11.3 Å². The molecule has 3 rings (SSSR count). The molecule has 0 fully saturated rings. The molecule has 0 amide bonds. The number of anilines is 1. The highest BCUT2D eigenvalue weighted by Gasteiger charge is 2.11. The number of nitrogen functional groups attached to an aromatic ring is 1. The third-order valence-electron chi connectivity index (χ3n) is 3.17. The van der Waals surface area contributed by atoms with Gasteiger partial charge < -0.3 is 5.73 Å². The summed E-state index contributed by atoms with van der Waals surface area (Å²) in [5, 5.41) is 4.39. The summed E-state index contributed by atoms with van der Waals surface area (Å²) in [5.74, 6) is 0.174. The molecule has 2 N–H and O–H groups in total. The first kappa shape index (κ1) is 12.4. The van der Waals surface area contributed by atoms with E-state index < -0.39 is 0 Å². The summed E-state index contributed by atoms with van der Waals surface area (Å²) in [6.45, 7) is 2.01. The Balaban J connectivity index is 2.08. The molecule has 0 unspecified atom stereocenters. The molecule has 0 radical (unpaired) electrons. The van der Waals surface area contributed by atoms with Gasteiger partial charge in [-0.15, -0.1) is 0 Å². The zero-order valence-electron chi connectivity index (χ0n) is 11.0. The lowest BCUT2D eigenvalue weighted by atomic mass is 10.1. The number of aryl methyl sites for hydroxylation is 1. The van der Waals surface area contributed by atoms with Crippen LogP contribution in [-0.2, 0) is 0 Å². The zero-order chi connectivity index (χ0) is 14.1. The first-order chi connectivity index (χ1) is 9.65. The normalized spacial score (nSPS) is 10.7. The largest absolute Gasteiger partial charge is 0.384 e. The highest BCUT2D eigenvalue weighted by Crippen LogP contribution is 2.25. The fraction of sp³-hybridized carbons (Fsp3) is 0.0625. The van der Waals surface area contributed by atoms with Gasteiger partial charge in [0.1, 0.15) is 11.6 Å². The first-order valence-corrected chi connectivity index (χ1v) is 6.32. The summed E-state index contributed by atoms with van der Waals surface area (Å²) in [6, 6.07) is 16.1. The Bertz CT molecular complexity index is 745. The Labute approximate surface area is 116 Å². The lowest BCUT2D eigenvalue weighted by Gasteiger charge is -2.04. The topological polar surface area (TPSA) is 43.8 Å². The van der Waals surface area contributed by atoms with Gasteiger partial charge >= 0.3 is 0 Å². The van der Waals surface area contributed by atoms with Gasteiger partial charge in [0, 0.05) is 11.6 Å². The maximum absolute atomic E-state index is 13.8. The fourth-order valence-corrected chi connectivity index (χ4v) is 2.09. The number of rotatable bonds is 2. The van der Waals surface area contributed by atoms with Crippen molar-refractivity contribution >= 4 is 5.82 Å². The van der Waals surface area contributed by atoms with Crippen LogP contribution in [0.3, 0.4) is 0 Å². The molecule has 0 saturated carbocycles. The fourth-order valence-electron chi connectivity index (χ4n) is 2.09. The molecule has 4 heteroatoms. The summed E-state index contributed by atoms with van der Waals surface area (Å²) in [5.41, 5.74) is 8.97. The Morgan fingerprint density at radius 1 is 1.05 bits per heavy atom. The SMILES string of the molecule is Cc1ccc(-n2nc(-c3ccccc3F)cc2N)cc1. The highest BCUT2D eigenvalue weighted by atomic mass is 19.1. The van der Waals surface area contributed by atoms with Gasteiger partial charge in [-0.05, 0) is 31.2 Å². The molecule has 0 spiro atoms. The van der Waals surface area contributed by atoms with Crippen LogP contribution in [0.5, 0.6) is 0 Å². The third kappa shape index (κ3) is 2.16. The average Bonchev–Trinajstić information content (AvgIpc) is 2.82. The smallest absolute Gasteiger partial charge is 0.132 e. The summed E-state index contributed by atoms with van der Waals surface area (Å²) in [7, 11) is 0. The highest BCUT2D eigenvalue weighted by molar-refractivity contribution is 5.64. The van der Waals surface area contributed by atoms with Crippen molar-refractivity contribution in [2.75, 3.05) is 5.73 Å². The molecule has 20 heavy (non-hydrogen) atoms. The summed E-state index contributed by atoms with van der Waals surface area (Å²) in [6.07, 6.45) is 0. The van der Waals surface area contributed by atoms with Crippen molar-refractivity contribution < 1.29 is 4.39 Å². The number of aromatic nitrogens is 2. The quantitative estimate of drug-likeness (QED) is 0.771. The second kappa shape index (κ2) is 4.81. The first-order valence-electron chi connectivity index (χ1n) is 6.32. The van der Waals surface area contributed by atoms with E-state index in [9.17, 15) is 4.39 Å². The maximum Gasteiger partial charge on any atom is 0.132 e. The van der Waals surface area contributed by atoms with E-state index in [0.29, 0.717) is 17.1 Å². The molecule has 1 heterocycles. The second-order valence-electron chi connectivity index (χ2n) is 4.68. The van der Waals surface area contributed by atoms with Crippen molar-refractivity contribution in [3.63, 3.8) is 0 Å². The lowest BCUT2D eigenvalue weighted by molar-refractivity contribution is 0.630. The van der Waals surface area contributed by atoms with Gasteiger partial charge in [-0.2, -0.15) is 5.10 Å². The van der Waals surface area contributed by atoms with E-state index in [1.165, 1.54) is 6.07 Å². The van der Waals surface area contributed by atoms with Gasteiger partial charge in [-0.1, -0.05) is 29.8 Å². The number of hydrogen-bond acceptors (Lipinski definition) is 2. The summed E-state index contributed by atoms with van der Waals surface area (Å²) in [4.78, 5) is 0. The Hall–Kier alpha value is -2.62. The number of benzene rings is 2. The van der Waals surface area contributed by atoms with E-state index in [1.807, 2.05) is 31.2 Å². The van der Waals surface area contributed by atoms with Crippen LogP contribution in [0, 0.1) is 12.7 Å². The van der Waals surface area contributed by atoms with Crippen molar-refractivity contribution in [1.29, 1.82) is 0 Å². The van der Waals surface area contributed by atoms with Crippen molar-refractivity contribution in [2.45, 2.75) is 6.92 Å². The van der Waals surface area contributed by atoms with Gasteiger partial charge in [0.05, 0.1) is 11.4 Å². The number of halogens is 1. The summed E-state index contributed by atoms with van der Waals surface area (Å²) < 4.78 is 15.4. The second-order valence-corrected chi connectivity index (χ2v) is 4.68. The van der Waals surface area contributed by atoms with Gasteiger partial charge in [0.25, 0.3) is 0 Å². The Kier molecular flexibility index (Phi) is 2.99. The Morgan fingerprint density at radius 2 is 1.75 bits per heavy atom. The summed E-state index contributed by atoms with van der Waals surface area (Å²) >= 11 is 0. The van der Waals surface area contributed by atoms with E-state index in [2.05, 4.69) is 5.10 Å². The van der Waals surface area contributed by atoms with Gasteiger partial charge in [0.2, 0.25) is 0 Å².